The van der Waals surface area contributed by atoms with E-state index in [4.69, 9.17) is 9.47 Å². The Morgan fingerprint density at radius 1 is 1.43 bits per heavy atom. The van der Waals surface area contributed by atoms with E-state index in [1.54, 1.807) is 0 Å². The second kappa shape index (κ2) is 6.35. The molecule has 2 unspecified atom stereocenters. The van der Waals surface area contributed by atoms with Crippen LogP contribution < -0.4 is 20.1 Å². The zero-order valence-electron chi connectivity index (χ0n) is 12.4. The van der Waals surface area contributed by atoms with Gasteiger partial charge in [0.1, 0.15) is 0 Å². The smallest absolute Gasteiger partial charge is 0.237 e. The molecule has 114 valence electrons. The number of hydrogen-bond donors (Lipinski definition) is 2. The van der Waals surface area contributed by atoms with Crippen molar-refractivity contribution >= 4 is 5.91 Å². The number of hydrogen-bond acceptors (Lipinski definition) is 4. The Labute approximate surface area is 125 Å². The molecule has 3 rings (SSSR count). The van der Waals surface area contributed by atoms with Crippen LogP contribution >= 0.6 is 0 Å². The van der Waals surface area contributed by atoms with E-state index in [0.717, 1.165) is 42.9 Å². The van der Waals surface area contributed by atoms with Gasteiger partial charge >= 0.3 is 0 Å². The minimum atomic E-state index is -0.0716. The predicted octanol–water partition coefficient (Wildman–Crippen LogP) is 1.81. The molecule has 1 amide bonds. The van der Waals surface area contributed by atoms with Gasteiger partial charge in [-0.15, -0.1) is 0 Å². The van der Waals surface area contributed by atoms with Crippen LogP contribution in [0.25, 0.3) is 0 Å². The summed E-state index contributed by atoms with van der Waals surface area (Å²) in [5.74, 6) is 2.23. The average Bonchev–Trinajstić information content (AvgIpc) is 3.01. The highest BCUT2D eigenvalue weighted by Gasteiger charge is 2.26. The van der Waals surface area contributed by atoms with Gasteiger partial charge in [-0.2, -0.15) is 0 Å². The summed E-state index contributed by atoms with van der Waals surface area (Å²) in [5.41, 5.74) is 0.959. The fourth-order valence-corrected chi connectivity index (χ4v) is 3.00. The molecule has 0 saturated carbocycles. The maximum absolute atomic E-state index is 12.3. The van der Waals surface area contributed by atoms with Gasteiger partial charge < -0.3 is 20.1 Å². The maximum Gasteiger partial charge on any atom is 0.237 e. The number of ether oxygens (including phenoxy) is 2. The fourth-order valence-electron chi connectivity index (χ4n) is 3.00. The first-order chi connectivity index (χ1) is 10.3. The number of rotatable bonds is 4. The van der Waals surface area contributed by atoms with Gasteiger partial charge in [0.15, 0.2) is 11.5 Å². The van der Waals surface area contributed by atoms with E-state index in [-0.39, 0.29) is 18.7 Å². The van der Waals surface area contributed by atoms with E-state index in [0.29, 0.717) is 12.5 Å². The molecular weight excluding hydrogens is 268 g/mol. The van der Waals surface area contributed by atoms with E-state index in [9.17, 15) is 4.79 Å². The molecule has 5 heteroatoms. The summed E-state index contributed by atoms with van der Waals surface area (Å²) in [6.07, 6.45) is 3.23. The summed E-state index contributed by atoms with van der Waals surface area (Å²) in [5, 5.41) is 6.31. The molecule has 1 aromatic rings. The van der Waals surface area contributed by atoms with Crippen LogP contribution in [0.2, 0.25) is 0 Å². The second-order valence-electron chi connectivity index (χ2n) is 5.67. The Morgan fingerprint density at radius 3 is 3.19 bits per heavy atom. The van der Waals surface area contributed by atoms with E-state index >= 15 is 0 Å². The second-order valence-corrected chi connectivity index (χ2v) is 5.67. The van der Waals surface area contributed by atoms with Crippen LogP contribution in [0.3, 0.4) is 0 Å². The number of para-hydroxylation sites is 1. The van der Waals surface area contributed by atoms with E-state index in [2.05, 4.69) is 17.6 Å². The van der Waals surface area contributed by atoms with Crippen LogP contribution in [0.1, 0.15) is 31.7 Å². The van der Waals surface area contributed by atoms with E-state index in [1.807, 2.05) is 18.2 Å². The molecule has 1 aromatic carbocycles. The molecule has 2 aliphatic rings. The third kappa shape index (κ3) is 3.13. The van der Waals surface area contributed by atoms with Gasteiger partial charge in [0.2, 0.25) is 12.7 Å². The lowest BCUT2D eigenvalue weighted by Crippen LogP contribution is -2.48. The molecule has 2 atom stereocenters. The number of carbonyl (C=O) groups excluding carboxylic acids is 1. The Kier molecular flexibility index (Phi) is 4.29. The maximum atomic E-state index is 12.3. The lowest BCUT2D eigenvalue weighted by molar-refractivity contribution is -0.124. The molecule has 0 radical (unpaired) electrons. The van der Waals surface area contributed by atoms with E-state index < -0.39 is 0 Å². The van der Waals surface area contributed by atoms with Gasteiger partial charge in [-0.3, -0.25) is 4.79 Å². The summed E-state index contributed by atoms with van der Waals surface area (Å²) < 4.78 is 10.8. The van der Waals surface area contributed by atoms with Crippen LogP contribution in [0.15, 0.2) is 18.2 Å². The lowest BCUT2D eigenvalue weighted by atomic mass is 9.90. The summed E-state index contributed by atoms with van der Waals surface area (Å²) in [6.45, 7) is 3.84. The first-order valence-corrected chi connectivity index (χ1v) is 7.66. The standard InChI is InChI=1S/C16H22N2O3/c1-2-11-6-7-17-13(8-11)16(19)18-9-12-4-3-5-14-15(12)21-10-20-14/h3-5,11,13,17H,2,6-10H2,1H3,(H,18,19). The fraction of sp³-hybridized carbons (Fsp3) is 0.562. The molecule has 0 spiro atoms. The number of nitrogens with one attached hydrogen (secondary N) is 2. The number of amides is 1. The Hall–Kier alpha value is -1.75. The molecular formula is C16H22N2O3. The highest BCUT2D eigenvalue weighted by molar-refractivity contribution is 5.81. The first-order valence-electron chi connectivity index (χ1n) is 7.66. The molecule has 2 aliphatic heterocycles. The van der Waals surface area contributed by atoms with Crippen molar-refractivity contribution in [3.63, 3.8) is 0 Å². The summed E-state index contributed by atoms with van der Waals surface area (Å²) in [6, 6.07) is 5.68. The average molecular weight is 290 g/mol. The van der Waals surface area contributed by atoms with Crippen molar-refractivity contribution in [2.45, 2.75) is 38.8 Å². The van der Waals surface area contributed by atoms with Crippen LogP contribution in [0.4, 0.5) is 0 Å². The molecule has 1 saturated heterocycles. The molecule has 21 heavy (non-hydrogen) atoms. The quantitative estimate of drug-likeness (QED) is 0.888. The van der Waals surface area contributed by atoms with Crippen molar-refractivity contribution in [2.75, 3.05) is 13.3 Å². The van der Waals surface area contributed by atoms with Crippen molar-refractivity contribution in [3.8, 4) is 11.5 Å². The Balaban J connectivity index is 1.58. The molecule has 0 bridgehead atoms. The number of piperidine rings is 1. The number of carbonyl (C=O) groups is 1. The Bertz CT molecular complexity index is 518. The molecule has 1 fully saturated rings. The van der Waals surface area contributed by atoms with Crippen molar-refractivity contribution < 1.29 is 14.3 Å². The van der Waals surface area contributed by atoms with Crippen LogP contribution in [0.5, 0.6) is 11.5 Å². The van der Waals surface area contributed by atoms with Crippen molar-refractivity contribution in [2.24, 2.45) is 5.92 Å². The first kappa shape index (κ1) is 14.2. The molecule has 5 nitrogen and oxygen atoms in total. The molecule has 2 heterocycles. The third-order valence-electron chi connectivity index (χ3n) is 4.34. The normalized spacial score (nSPS) is 23.9. The van der Waals surface area contributed by atoms with Gasteiger partial charge in [-0.25, -0.2) is 0 Å². The Morgan fingerprint density at radius 2 is 2.33 bits per heavy atom. The van der Waals surface area contributed by atoms with Crippen molar-refractivity contribution in [1.82, 2.24) is 10.6 Å². The molecule has 2 N–H and O–H groups in total. The van der Waals surface area contributed by atoms with Gasteiger partial charge in [0.25, 0.3) is 0 Å². The van der Waals surface area contributed by atoms with Gasteiger partial charge in [0, 0.05) is 12.1 Å². The summed E-state index contributed by atoms with van der Waals surface area (Å²) in [7, 11) is 0. The van der Waals surface area contributed by atoms with E-state index in [1.165, 1.54) is 0 Å². The van der Waals surface area contributed by atoms with Crippen molar-refractivity contribution in [1.29, 1.82) is 0 Å². The number of benzene rings is 1. The zero-order valence-corrected chi connectivity index (χ0v) is 12.4. The number of fused-ring (bicyclic) bond motifs is 1. The lowest BCUT2D eigenvalue weighted by Gasteiger charge is -2.28. The van der Waals surface area contributed by atoms with Gasteiger partial charge in [0.05, 0.1) is 6.04 Å². The highest BCUT2D eigenvalue weighted by Crippen LogP contribution is 2.35. The monoisotopic (exact) mass is 290 g/mol. The van der Waals surface area contributed by atoms with Crippen LogP contribution in [-0.4, -0.2) is 25.3 Å². The summed E-state index contributed by atoms with van der Waals surface area (Å²) >= 11 is 0. The minimum Gasteiger partial charge on any atom is -0.454 e. The van der Waals surface area contributed by atoms with Gasteiger partial charge in [-0.1, -0.05) is 25.5 Å². The topological polar surface area (TPSA) is 59.6 Å². The molecule has 0 aromatic heterocycles. The predicted molar refractivity (Wildman–Crippen MR) is 79.2 cm³/mol. The highest BCUT2D eigenvalue weighted by atomic mass is 16.7. The molecule has 0 aliphatic carbocycles. The zero-order chi connectivity index (χ0) is 14.7. The third-order valence-corrected chi connectivity index (χ3v) is 4.34. The summed E-state index contributed by atoms with van der Waals surface area (Å²) in [4.78, 5) is 12.3. The van der Waals surface area contributed by atoms with Crippen molar-refractivity contribution in [3.05, 3.63) is 23.8 Å². The minimum absolute atomic E-state index is 0.0716. The largest absolute Gasteiger partial charge is 0.454 e. The van der Waals surface area contributed by atoms with Gasteiger partial charge in [-0.05, 0) is 31.4 Å². The van der Waals surface area contributed by atoms with Crippen LogP contribution in [-0.2, 0) is 11.3 Å². The van der Waals surface area contributed by atoms with Crippen LogP contribution in [0, 0.1) is 5.92 Å². The SMILES string of the molecule is CCC1CCNC(C(=O)NCc2cccc3c2OCO3)C1.